The molecule has 0 unspecified atom stereocenters. The van der Waals surface area contributed by atoms with E-state index in [1.165, 1.54) is 24.3 Å². The highest BCUT2D eigenvalue weighted by atomic mass is 16.4. The molecule has 3 aliphatic rings. The molecular formula is C35H46N4O6. The Kier molecular flexibility index (Phi) is 10.2. The van der Waals surface area contributed by atoms with Gasteiger partial charge in [-0.05, 0) is 67.5 Å². The van der Waals surface area contributed by atoms with E-state index in [9.17, 15) is 24.3 Å². The molecule has 1 aliphatic carbocycles. The lowest BCUT2D eigenvalue weighted by Gasteiger charge is -2.52. The van der Waals surface area contributed by atoms with Crippen molar-refractivity contribution in [2.24, 2.45) is 0 Å². The van der Waals surface area contributed by atoms with Crippen molar-refractivity contribution >= 4 is 23.7 Å². The Morgan fingerprint density at radius 2 is 1.53 bits per heavy atom. The molecule has 4 N–H and O–H groups in total. The van der Waals surface area contributed by atoms with Crippen LogP contribution < -0.4 is 10.6 Å². The topological polar surface area (TPSA) is 139 Å². The fourth-order valence-electron chi connectivity index (χ4n) is 7.10. The maximum absolute atomic E-state index is 13.8. The van der Waals surface area contributed by atoms with Crippen LogP contribution in [0.3, 0.4) is 0 Å². The second kappa shape index (κ2) is 14.1. The lowest BCUT2D eigenvalue weighted by Crippen LogP contribution is -2.73. The van der Waals surface area contributed by atoms with E-state index in [-0.39, 0.29) is 23.3 Å². The first-order chi connectivity index (χ1) is 21.6. The summed E-state index contributed by atoms with van der Waals surface area (Å²) in [6.07, 6.45) is 7.59. The number of benzene rings is 2. The molecule has 5 rings (SSSR count). The van der Waals surface area contributed by atoms with E-state index in [1.807, 2.05) is 29.2 Å². The zero-order valence-corrected chi connectivity index (χ0v) is 26.2. The number of carbonyl (C=O) groups is 4. The van der Waals surface area contributed by atoms with Crippen LogP contribution in [0.2, 0.25) is 0 Å². The van der Waals surface area contributed by atoms with E-state index < -0.39 is 23.2 Å². The smallest absolute Gasteiger partial charge is 0.335 e. The van der Waals surface area contributed by atoms with E-state index >= 15 is 0 Å². The number of nitrogens with one attached hydrogen (secondary N) is 2. The summed E-state index contributed by atoms with van der Waals surface area (Å²) in [5.41, 5.74) is 0.881. The molecule has 2 aromatic carbocycles. The van der Waals surface area contributed by atoms with Gasteiger partial charge in [0.2, 0.25) is 11.8 Å². The maximum atomic E-state index is 13.8. The van der Waals surface area contributed by atoms with Crippen molar-refractivity contribution < 1.29 is 29.4 Å². The van der Waals surface area contributed by atoms with Crippen LogP contribution in [-0.2, 0) is 22.7 Å². The number of aliphatic hydroxyl groups is 1. The Labute approximate surface area is 265 Å². The molecule has 3 amide bonds. The number of carbonyl (C=O) groups excluding carboxylic acids is 3. The molecule has 2 heterocycles. The first-order valence-corrected chi connectivity index (χ1v) is 16.4. The summed E-state index contributed by atoms with van der Waals surface area (Å²) in [5, 5.41) is 26.1. The monoisotopic (exact) mass is 618 g/mol. The van der Waals surface area contributed by atoms with Crippen molar-refractivity contribution in [2.45, 2.75) is 101 Å². The van der Waals surface area contributed by atoms with Crippen LogP contribution in [0.25, 0.3) is 0 Å². The molecule has 10 heteroatoms. The summed E-state index contributed by atoms with van der Waals surface area (Å²) in [6.45, 7) is 5.10. The van der Waals surface area contributed by atoms with Crippen LogP contribution in [0.1, 0.15) is 103 Å². The van der Waals surface area contributed by atoms with Gasteiger partial charge in [0.25, 0.3) is 5.91 Å². The van der Waals surface area contributed by atoms with E-state index in [0.29, 0.717) is 63.8 Å². The average molecular weight is 619 g/mol. The predicted octanol–water partition coefficient (Wildman–Crippen LogP) is 3.86. The highest BCUT2D eigenvalue weighted by Crippen LogP contribution is 2.37. The molecule has 242 valence electrons. The molecule has 45 heavy (non-hydrogen) atoms. The number of piperazine rings is 1. The van der Waals surface area contributed by atoms with E-state index in [1.54, 1.807) is 0 Å². The predicted molar refractivity (Wildman–Crippen MR) is 169 cm³/mol. The van der Waals surface area contributed by atoms with Crippen LogP contribution >= 0.6 is 0 Å². The number of piperidine rings is 1. The maximum Gasteiger partial charge on any atom is 0.335 e. The summed E-state index contributed by atoms with van der Waals surface area (Å²) < 4.78 is 0. The third-order valence-electron chi connectivity index (χ3n) is 9.87. The van der Waals surface area contributed by atoms with Gasteiger partial charge in [0.05, 0.1) is 11.2 Å². The minimum Gasteiger partial charge on any atom is -0.478 e. The Bertz CT molecular complexity index is 1360. The van der Waals surface area contributed by atoms with Gasteiger partial charge in [-0.25, -0.2) is 4.79 Å². The summed E-state index contributed by atoms with van der Waals surface area (Å²) >= 11 is 0. The first kappa shape index (κ1) is 32.6. The van der Waals surface area contributed by atoms with Crippen molar-refractivity contribution in [1.29, 1.82) is 0 Å². The van der Waals surface area contributed by atoms with Crippen LogP contribution in [0.4, 0.5) is 0 Å². The van der Waals surface area contributed by atoms with Crippen LogP contribution in [0.5, 0.6) is 0 Å². The number of hydrogen-bond acceptors (Lipinski definition) is 6. The van der Waals surface area contributed by atoms with E-state index in [0.717, 1.165) is 49.8 Å². The van der Waals surface area contributed by atoms with Crippen LogP contribution in [0, 0.1) is 0 Å². The first-order valence-electron chi connectivity index (χ1n) is 16.4. The molecular weight excluding hydrogens is 572 g/mol. The standard InChI is InChI=1S/C35H46N4O6/c1-2-3-19-39-31(41)29(22-34(45)15-5-4-6-16-34)37-33(44)35(39)17-20-38(21-18-35)24-26-9-7-25(8-10-26)23-36-30(40)27-11-13-28(14-12-27)32(42)43/h7-14,29,45H,2-6,15-24H2,1H3,(H,36,40)(H,37,44)(H,42,43)/t29-/m1/s1. The average Bonchev–Trinajstić information content (AvgIpc) is 3.04. The fraction of sp³-hybridized carbons (Fsp3) is 0.543. The highest BCUT2D eigenvalue weighted by molar-refractivity contribution is 6.00. The quantitative estimate of drug-likeness (QED) is 0.300. The number of carboxylic acids is 1. The molecule has 10 nitrogen and oxygen atoms in total. The second-order valence-electron chi connectivity index (χ2n) is 13.0. The van der Waals surface area contributed by atoms with Crippen LogP contribution in [0.15, 0.2) is 48.5 Å². The number of rotatable bonds is 11. The van der Waals surface area contributed by atoms with Crippen molar-refractivity contribution in [3.05, 3.63) is 70.8 Å². The molecule has 1 atom stereocenters. The molecule has 2 aromatic rings. The van der Waals surface area contributed by atoms with Gasteiger partial charge in [0.1, 0.15) is 11.6 Å². The number of likely N-dealkylation sites (tertiary alicyclic amines) is 1. The number of nitrogens with zero attached hydrogens (tertiary/aromatic N) is 2. The number of carboxylic acid groups (broad SMARTS) is 1. The Balaban J connectivity index is 1.15. The van der Waals surface area contributed by atoms with Gasteiger partial charge < -0.3 is 25.7 Å². The normalized spacial score (nSPS) is 21.4. The van der Waals surface area contributed by atoms with Gasteiger partial charge in [-0.2, -0.15) is 0 Å². The lowest BCUT2D eigenvalue weighted by molar-refractivity contribution is -0.163. The largest absolute Gasteiger partial charge is 0.478 e. The summed E-state index contributed by atoms with van der Waals surface area (Å²) in [7, 11) is 0. The molecule has 0 radical (unpaired) electrons. The third-order valence-corrected chi connectivity index (χ3v) is 9.87. The van der Waals surface area contributed by atoms with Gasteiger partial charge in [-0.15, -0.1) is 0 Å². The van der Waals surface area contributed by atoms with Gasteiger partial charge in [-0.3, -0.25) is 19.3 Å². The minimum absolute atomic E-state index is 0.0459. The molecule has 2 aliphatic heterocycles. The molecule has 1 saturated carbocycles. The lowest BCUT2D eigenvalue weighted by atomic mass is 9.77. The molecule has 0 bridgehead atoms. The summed E-state index contributed by atoms with van der Waals surface area (Å²) in [5.74, 6) is -1.43. The van der Waals surface area contributed by atoms with Crippen molar-refractivity contribution in [1.82, 2.24) is 20.4 Å². The van der Waals surface area contributed by atoms with Crippen molar-refractivity contribution in [3.8, 4) is 0 Å². The zero-order chi connectivity index (χ0) is 32.0. The molecule has 3 fully saturated rings. The van der Waals surface area contributed by atoms with E-state index in [2.05, 4.69) is 22.5 Å². The Hall–Kier alpha value is -3.76. The minimum atomic E-state index is -1.03. The number of amides is 3. The highest BCUT2D eigenvalue weighted by Gasteiger charge is 2.54. The molecule has 1 spiro atoms. The molecule has 0 aromatic heterocycles. The Morgan fingerprint density at radius 3 is 2.16 bits per heavy atom. The number of hydrogen-bond donors (Lipinski definition) is 4. The van der Waals surface area contributed by atoms with Crippen LogP contribution in [-0.4, -0.2) is 80.5 Å². The molecule has 2 saturated heterocycles. The number of aromatic carboxylic acids is 1. The zero-order valence-electron chi connectivity index (χ0n) is 26.2. The third kappa shape index (κ3) is 7.56. The van der Waals surface area contributed by atoms with Crippen molar-refractivity contribution in [2.75, 3.05) is 19.6 Å². The summed E-state index contributed by atoms with van der Waals surface area (Å²) in [4.78, 5) is 55.2. The Morgan fingerprint density at radius 1 is 0.911 bits per heavy atom. The fourth-order valence-corrected chi connectivity index (χ4v) is 7.10. The second-order valence-corrected chi connectivity index (χ2v) is 13.0. The summed E-state index contributed by atoms with van der Waals surface area (Å²) in [6, 6.07) is 13.2. The van der Waals surface area contributed by atoms with Gasteiger partial charge in [0, 0.05) is 44.7 Å². The van der Waals surface area contributed by atoms with Gasteiger partial charge >= 0.3 is 5.97 Å². The van der Waals surface area contributed by atoms with Gasteiger partial charge in [0.15, 0.2) is 0 Å². The van der Waals surface area contributed by atoms with Crippen molar-refractivity contribution in [3.63, 3.8) is 0 Å². The SMILES string of the molecule is CCCCN1C(=O)[C@@H](CC2(O)CCCCC2)NC(=O)C12CCN(Cc1ccc(CNC(=O)c3ccc(C(=O)O)cc3)cc1)CC2. The van der Waals surface area contributed by atoms with E-state index in [4.69, 9.17) is 5.11 Å². The number of unbranched alkanes of at least 4 members (excludes halogenated alkanes) is 1. The van der Waals surface area contributed by atoms with Gasteiger partial charge in [-0.1, -0.05) is 56.9 Å².